The molecule has 2 aromatic rings. The van der Waals surface area contributed by atoms with Gasteiger partial charge in [-0.3, -0.25) is 9.97 Å². The van der Waals surface area contributed by atoms with Gasteiger partial charge in [0, 0.05) is 11.4 Å². The molecule has 0 unspecified atom stereocenters. The molecule has 4 aliphatic rings. The van der Waals surface area contributed by atoms with E-state index in [0.717, 1.165) is 71.7 Å². The summed E-state index contributed by atoms with van der Waals surface area (Å²) in [7, 11) is 0. The molecule has 3 nitrogen and oxygen atoms in total. The van der Waals surface area contributed by atoms with Gasteiger partial charge in [0.1, 0.15) is 11.5 Å². The summed E-state index contributed by atoms with van der Waals surface area (Å²) in [6.45, 7) is 9.35. The van der Waals surface area contributed by atoms with Crippen LogP contribution in [-0.2, 0) is 25.7 Å². The van der Waals surface area contributed by atoms with Gasteiger partial charge in [0.25, 0.3) is 0 Å². The lowest BCUT2D eigenvalue weighted by atomic mass is 9.68. The predicted molar refractivity (Wildman–Crippen MR) is 234 cm³/mol. The molecular weight excluding hydrogens is 669 g/mol. The quantitative estimate of drug-likeness (QED) is 0.126. The molecule has 55 heavy (non-hydrogen) atoms. The van der Waals surface area contributed by atoms with Crippen molar-refractivity contribution in [3.8, 4) is 11.5 Å². The Morgan fingerprint density at radius 3 is 1.11 bits per heavy atom. The van der Waals surface area contributed by atoms with E-state index in [0.29, 0.717) is 0 Å². The maximum absolute atomic E-state index is 6.72. The molecule has 4 fully saturated rings. The first-order chi connectivity index (χ1) is 27.0. The highest BCUT2D eigenvalue weighted by molar-refractivity contribution is 5.36. The van der Waals surface area contributed by atoms with Gasteiger partial charge in [-0.25, -0.2) is 0 Å². The fourth-order valence-electron chi connectivity index (χ4n) is 12.2. The minimum Gasteiger partial charge on any atom is -0.454 e. The maximum atomic E-state index is 6.72. The fourth-order valence-corrected chi connectivity index (χ4v) is 12.2. The van der Waals surface area contributed by atoms with E-state index in [1.807, 2.05) is 12.4 Å². The third kappa shape index (κ3) is 13.1. The zero-order valence-electron chi connectivity index (χ0n) is 36.4. The molecule has 0 radical (unpaired) electrons. The number of ether oxygens (including phenoxy) is 1. The zero-order valence-corrected chi connectivity index (χ0v) is 36.4. The van der Waals surface area contributed by atoms with E-state index >= 15 is 0 Å². The van der Waals surface area contributed by atoms with Gasteiger partial charge < -0.3 is 4.74 Å². The Hall–Kier alpha value is -1.90. The smallest absolute Gasteiger partial charge is 0.146 e. The van der Waals surface area contributed by atoms with Crippen LogP contribution in [0.3, 0.4) is 0 Å². The fraction of sp³-hybridized carbons (Fsp3) is 0.808. The predicted octanol–water partition coefficient (Wildman–Crippen LogP) is 15.6. The Kier molecular flexibility index (Phi) is 17.8. The van der Waals surface area contributed by atoms with Gasteiger partial charge >= 0.3 is 0 Å². The first-order valence-corrected chi connectivity index (χ1v) is 24.7. The van der Waals surface area contributed by atoms with Crippen LogP contribution in [0.15, 0.2) is 24.5 Å². The molecule has 4 aliphatic carbocycles. The van der Waals surface area contributed by atoms with Crippen molar-refractivity contribution >= 4 is 0 Å². The number of hydrogen-bond acceptors (Lipinski definition) is 3. The van der Waals surface area contributed by atoms with E-state index in [9.17, 15) is 0 Å². The Balaban J connectivity index is 1.07. The van der Waals surface area contributed by atoms with Gasteiger partial charge in [-0.2, -0.15) is 0 Å². The number of unbranched alkanes of at least 4 members (excludes halogenated alkanes) is 4. The Bertz CT molecular complexity index is 1250. The van der Waals surface area contributed by atoms with Crippen molar-refractivity contribution < 1.29 is 4.74 Å². The van der Waals surface area contributed by atoms with Crippen LogP contribution in [-0.4, -0.2) is 9.97 Å². The highest BCUT2D eigenvalue weighted by atomic mass is 16.5. The molecule has 0 spiro atoms. The first-order valence-electron chi connectivity index (χ1n) is 24.7. The summed E-state index contributed by atoms with van der Waals surface area (Å²) >= 11 is 0. The topological polar surface area (TPSA) is 35.0 Å². The number of aromatic nitrogens is 2. The van der Waals surface area contributed by atoms with Crippen molar-refractivity contribution in [1.29, 1.82) is 0 Å². The summed E-state index contributed by atoms with van der Waals surface area (Å²) < 4.78 is 6.72. The molecule has 2 heterocycles. The third-order valence-corrected chi connectivity index (χ3v) is 15.6. The molecule has 0 aliphatic heterocycles. The van der Waals surface area contributed by atoms with Crippen LogP contribution < -0.4 is 4.74 Å². The van der Waals surface area contributed by atoms with Crippen LogP contribution in [0.4, 0.5) is 0 Å². The minimum atomic E-state index is 0.788. The monoisotopic (exact) mass is 753 g/mol. The molecule has 308 valence electrons. The normalized spacial score (nSPS) is 28.9. The Morgan fingerprint density at radius 1 is 0.436 bits per heavy atom. The summed E-state index contributed by atoms with van der Waals surface area (Å²) in [4.78, 5) is 10.2. The maximum Gasteiger partial charge on any atom is 0.146 e. The van der Waals surface area contributed by atoms with Gasteiger partial charge in [0.15, 0.2) is 0 Å². The minimum absolute atomic E-state index is 0.788. The van der Waals surface area contributed by atoms with Crippen molar-refractivity contribution in [1.82, 2.24) is 9.97 Å². The second-order valence-electron chi connectivity index (χ2n) is 19.7. The van der Waals surface area contributed by atoms with Gasteiger partial charge in [-0.05, 0) is 186 Å². The van der Waals surface area contributed by atoms with Gasteiger partial charge in [-0.15, -0.1) is 0 Å². The summed E-state index contributed by atoms with van der Waals surface area (Å²) in [5.41, 5.74) is 5.56. The van der Waals surface area contributed by atoms with E-state index in [4.69, 9.17) is 14.7 Å². The van der Waals surface area contributed by atoms with Gasteiger partial charge in [0.05, 0.1) is 12.4 Å². The average Bonchev–Trinajstić information content (AvgIpc) is 3.21. The molecule has 0 aromatic carbocycles. The number of hydrogen-bond donors (Lipinski definition) is 0. The lowest BCUT2D eigenvalue weighted by Crippen LogP contribution is -2.26. The van der Waals surface area contributed by atoms with Crippen molar-refractivity contribution in [2.75, 3.05) is 0 Å². The molecule has 0 N–H and O–H groups in total. The van der Waals surface area contributed by atoms with Crippen LogP contribution in [0.2, 0.25) is 0 Å². The molecule has 0 saturated heterocycles. The first kappa shape index (κ1) is 42.7. The van der Waals surface area contributed by atoms with E-state index in [-0.39, 0.29) is 0 Å². The highest BCUT2D eigenvalue weighted by Gasteiger charge is 2.32. The zero-order chi connectivity index (χ0) is 38.2. The molecule has 0 atom stereocenters. The van der Waals surface area contributed by atoms with Crippen LogP contribution >= 0.6 is 0 Å². The van der Waals surface area contributed by atoms with Crippen molar-refractivity contribution in [3.05, 3.63) is 47.0 Å². The SMILES string of the molecule is CCCCCc1ncc(Oc2cnc(CCCCC)c(C[C@H]3CC[C@H]([C@H]4CC[C@H](CCC)CC4)CC3)c2)cc1C[C@H]1CC[C@H]([C@H]2CC[C@H](CCC)CC2)CC1. The van der Waals surface area contributed by atoms with Gasteiger partial charge in [-0.1, -0.05) is 105 Å². The van der Waals surface area contributed by atoms with E-state index in [1.54, 1.807) is 0 Å². The Morgan fingerprint density at radius 2 is 0.782 bits per heavy atom. The van der Waals surface area contributed by atoms with E-state index < -0.39 is 0 Å². The van der Waals surface area contributed by atoms with Gasteiger partial charge in [0.2, 0.25) is 0 Å². The molecule has 0 bridgehead atoms. The van der Waals surface area contributed by atoms with Crippen molar-refractivity contribution in [3.63, 3.8) is 0 Å². The number of nitrogens with zero attached hydrogens (tertiary/aromatic N) is 2. The van der Waals surface area contributed by atoms with Crippen molar-refractivity contribution in [2.45, 2.75) is 220 Å². The lowest BCUT2D eigenvalue weighted by Gasteiger charge is -2.38. The molecule has 2 aromatic heterocycles. The largest absolute Gasteiger partial charge is 0.454 e. The second-order valence-corrected chi connectivity index (χ2v) is 19.7. The van der Waals surface area contributed by atoms with Crippen LogP contribution in [0.5, 0.6) is 11.5 Å². The summed E-state index contributed by atoms with van der Waals surface area (Å²) in [6.07, 6.45) is 45.1. The lowest BCUT2D eigenvalue weighted by molar-refractivity contribution is 0.143. The standard InChI is InChI=1S/C52H84N2O/c1-5-9-11-15-51-47(33-41-21-29-45(30-22-41)43-25-17-39(13-7-3)18-26-43)35-49(37-53-51)55-50-36-48(52(54-38-50)16-12-10-6-2)34-42-23-31-46(32-24-42)44-27-19-40(14-8-4)20-28-44/h35-46H,5-34H2,1-4H3/t39-,40-,41-,42-,43-,44-,45-,46-. The summed E-state index contributed by atoms with van der Waals surface area (Å²) in [5, 5.41) is 0. The molecule has 4 saturated carbocycles. The molecule has 6 rings (SSSR count). The summed E-state index contributed by atoms with van der Waals surface area (Å²) in [6, 6.07) is 4.75. The molecular formula is C52H84N2O. The van der Waals surface area contributed by atoms with Crippen LogP contribution in [0.25, 0.3) is 0 Å². The van der Waals surface area contributed by atoms with E-state index in [1.165, 1.54) is 202 Å². The number of pyridine rings is 2. The summed E-state index contributed by atoms with van der Waals surface area (Å²) in [5.74, 6) is 9.40. The Labute approximate surface area is 339 Å². The average molecular weight is 753 g/mol. The van der Waals surface area contributed by atoms with Crippen LogP contribution in [0.1, 0.15) is 217 Å². The molecule has 3 heteroatoms. The van der Waals surface area contributed by atoms with E-state index in [2.05, 4.69) is 39.8 Å². The third-order valence-electron chi connectivity index (χ3n) is 15.6. The highest BCUT2D eigenvalue weighted by Crippen LogP contribution is 2.45. The molecule has 0 amide bonds. The van der Waals surface area contributed by atoms with Crippen LogP contribution in [0, 0.1) is 47.3 Å². The van der Waals surface area contributed by atoms with Crippen molar-refractivity contribution in [2.24, 2.45) is 47.3 Å². The second kappa shape index (κ2) is 22.9. The number of rotatable bonds is 20. The number of aryl methyl sites for hydroxylation is 2.